The normalized spacial score (nSPS) is 12.4. The molecule has 4 rings (SSSR count). The predicted molar refractivity (Wildman–Crippen MR) is 100 cm³/mol. The molecule has 0 radical (unpaired) electrons. The first-order valence-electron chi connectivity index (χ1n) is 8.55. The largest absolute Gasteiger partial charge is 0.380 e. The molecule has 4 aromatic rings. The molecular formula is C22H20N2O. The maximum Gasteiger partial charge on any atom is 0.143 e. The van der Waals surface area contributed by atoms with Gasteiger partial charge in [0.1, 0.15) is 11.9 Å². The number of nitrogens with zero attached hydrogens (tertiary/aromatic N) is 2. The number of rotatable bonds is 5. The Kier molecular flexibility index (Phi) is 4.32. The number of aliphatic hydroxyl groups excluding tert-OH is 1. The summed E-state index contributed by atoms with van der Waals surface area (Å²) in [4.78, 5) is 4.71. The zero-order valence-electron chi connectivity index (χ0n) is 13.9. The molecule has 0 spiro atoms. The minimum Gasteiger partial charge on any atom is -0.380 e. The van der Waals surface area contributed by atoms with E-state index < -0.39 is 6.10 Å². The summed E-state index contributed by atoms with van der Waals surface area (Å²) in [6.45, 7) is 0.782. The number of imidazole rings is 1. The maximum absolute atomic E-state index is 10.9. The number of para-hydroxylation sites is 2. The van der Waals surface area contributed by atoms with Crippen LogP contribution >= 0.6 is 0 Å². The van der Waals surface area contributed by atoms with Gasteiger partial charge in [0.05, 0.1) is 11.0 Å². The summed E-state index contributed by atoms with van der Waals surface area (Å²) in [5, 5.41) is 10.9. The minimum absolute atomic E-state index is 0.698. The number of aryl methyl sites for hydroxylation is 2. The lowest BCUT2D eigenvalue weighted by Gasteiger charge is -2.14. The van der Waals surface area contributed by atoms with Gasteiger partial charge in [-0.05, 0) is 29.7 Å². The summed E-state index contributed by atoms with van der Waals surface area (Å²) < 4.78 is 2.14. The minimum atomic E-state index is -0.732. The van der Waals surface area contributed by atoms with Crippen LogP contribution in [0.2, 0.25) is 0 Å². The van der Waals surface area contributed by atoms with Crippen LogP contribution < -0.4 is 0 Å². The summed E-state index contributed by atoms with van der Waals surface area (Å²) in [7, 11) is 0. The monoisotopic (exact) mass is 328 g/mol. The highest BCUT2D eigenvalue weighted by Crippen LogP contribution is 2.26. The van der Waals surface area contributed by atoms with Crippen molar-refractivity contribution in [2.75, 3.05) is 0 Å². The van der Waals surface area contributed by atoms with E-state index in [4.69, 9.17) is 4.98 Å². The highest BCUT2D eigenvalue weighted by molar-refractivity contribution is 5.76. The van der Waals surface area contributed by atoms with Crippen molar-refractivity contribution in [1.29, 1.82) is 0 Å². The first-order chi connectivity index (χ1) is 12.3. The van der Waals surface area contributed by atoms with Crippen LogP contribution in [0.3, 0.4) is 0 Å². The summed E-state index contributed by atoms with van der Waals surface area (Å²) >= 11 is 0. The third-order valence-electron chi connectivity index (χ3n) is 4.51. The molecule has 3 heteroatoms. The van der Waals surface area contributed by atoms with Crippen molar-refractivity contribution in [2.45, 2.75) is 19.1 Å². The summed E-state index contributed by atoms with van der Waals surface area (Å²) in [6, 6.07) is 28.2. The van der Waals surface area contributed by atoms with Crippen LogP contribution in [0.1, 0.15) is 23.1 Å². The molecule has 25 heavy (non-hydrogen) atoms. The van der Waals surface area contributed by atoms with Gasteiger partial charge < -0.3 is 9.67 Å². The molecule has 0 fully saturated rings. The number of fused-ring (bicyclic) bond motifs is 1. The molecule has 3 aromatic carbocycles. The summed E-state index contributed by atoms with van der Waals surface area (Å²) in [5.74, 6) is 0.698. The Morgan fingerprint density at radius 3 is 2.20 bits per heavy atom. The second kappa shape index (κ2) is 6.91. The van der Waals surface area contributed by atoms with E-state index in [1.807, 2.05) is 54.6 Å². The Morgan fingerprint density at radius 2 is 1.44 bits per heavy atom. The van der Waals surface area contributed by atoms with Gasteiger partial charge in [0.15, 0.2) is 0 Å². The lowest BCUT2D eigenvalue weighted by Crippen LogP contribution is -2.11. The van der Waals surface area contributed by atoms with E-state index in [0.29, 0.717) is 5.82 Å². The number of aliphatic hydroxyl groups is 1. The number of hydrogen-bond acceptors (Lipinski definition) is 2. The van der Waals surface area contributed by atoms with Crippen LogP contribution in [0.4, 0.5) is 0 Å². The smallest absolute Gasteiger partial charge is 0.143 e. The van der Waals surface area contributed by atoms with E-state index in [2.05, 4.69) is 34.9 Å². The molecule has 1 N–H and O–H groups in total. The predicted octanol–water partition coefficient (Wildman–Crippen LogP) is 4.36. The van der Waals surface area contributed by atoms with Gasteiger partial charge in [0, 0.05) is 6.54 Å². The lowest BCUT2D eigenvalue weighted by molar-refractivity contribution is 0.205. The molecular weight excluding hydrogens is 308 g/mol. The van der Waals surface area contributed by atoms with E-state index in [9.17, 15) is 5.11 Å². The third kappa shape index (κ3) is 3.19. The van der Waals surface area contributed by atoms with E-state index in [-0.39, 0.29) is 0 Å². The van der Waals surface area contributed by atoms with Gasteiger partial charge in [-0.15, -0.1) is 0 Å². The van der Waals surface area contributed by atoms with Crippen LogP contribution in [-0.4, -0.2) is 14.7 Å². The molecule has 1 atom stereocenters. The zero-order chi connectivity index (χ0) is 17.1. The zero-order valence-corrected chi connectivity index (χ0v) is 13.9. The van der Waals surface area contributed by atoms with Gasteiger partial charge in [-0.1, -0.05) is 72.8 Å². The molecule has 0 aliphatic heterocycles. The Hall–Kier alpha value is -2.91. The Morgan fingerprint density at radius 1 is 0.800 bits per heavy atom. The molecule has 0 aliphatic rings. The third-order valence-corrected chi connectivity index (χ3v) is 4.51. The SMILES string of the molecule is OC(c1ccccc1)c1nc2ccccc2n1CCc1ccccc1. The van der Waals surface area contributed by atoms with Gasteiger partial charge >= 0.3 is 0 Å². The second-order valence-corrected chi connectivity index (χ2v) is 6.16. The lowest BCUT2D eigenvalue weighted by atomic mass is 10.1. The van der Waals surface area contributed by atoms with Crippen molar-refractivity contribution < 1.29 is 5.11 Å². The van der Waals surface area contributed by atoms with Crippen LogP contribution in [0.5, 0.6) is 0 Å². The van der Waals surface area contributed by atoms with E-state index in [1.165, 1.54) is 5.56 Å². The number of benzene rings is 3. The Labute approximate surface area is 147 Å². The maximum atomic E-state index is 10.9. The van der Waals surface area contributed by atoms with E-state index in [1.54, 1.807) is 0 Å². The van der Waals surface area contributed by atoms with Crippen LogP contribution in [0.15, 0.2) is 84.9 Å². The molecule has 124 valence electrons. The first kappa shape index (κ1) is 15.6. The highest BCUT2D eigenvalue weighted by Gasteiger charge is 2.19. The molecule has 1 heterocycles. The Balaban J connectivity index is 1.73. The molecule has 1 unspecified atom stereocenters. The fraction of sp³-hybridized carbons (Fsp3) is 0.136. The van der Waals surface area contributed by atoms with Crippen molar-refractivity contribution in [3.8, 4) is 0 Å². The molecule has 1 aromatic heterocycles. The average molecular weight is 328 g/mol. The van der Waals surface area contributed by atoms with Gasteiger partial charge in [-0.2, -0.15) is 0 Å². The fourth-order valence-corrected chi connectivity index (χ4v) is 3.21. The topological polar surface area (TPSA) is 38.1 Å². The van der Waals surface area contributed by atoms with E-state index >= 15 is 0 Å². The second-order valence-electron chi connectivity index (χ2n) is 6.16. The standard InChI is InChI=1S/C22H20N2O/c25-21(18-11-5-2-6-12-18)22-23-19-13-7-8-14-20(19)24(22)16-15-17-9-3-1-4-10-17/h1-14,21,25H,15-16H2. The molecule has 0 saturated heterocycles. The molecule has 0 amide bonds. The average Bonchev–Trinajstić information content (AvgIpc) is 3.06. The van der Waals surface area contributed by atoms with Crippen molar-refractivity contribution in [3.63, 3.8) is 0 Å². The number of aromatic nitrogens is 2. The first-order valence-corrected chi connectivity index (χ1v) is 8.55. The Bertz CT molecular complexity index is 961. The van der Waals surface area contributed by atoms with Crippen molar-refractivity contribution >= 4 is 11.0 Å². The van der Waals surface area contributed by atoms with Crippen LogP contribution in [0, 0.1) is 0 Å². The summed E-state index contributed by atoms with van der Waals surface area (Å²) in [6.07, 6.45) is 0.166. The van der Waals surface area contributed by atoms with Gasteiger partial charge in [0.25, 0.3) is 0 Å². The van der Waals surface area contributed by atoms with Crippen molar-refractivity contribution in [3.05, 3.63) is 102 Å². The van der Waals surface area contributed by atoms with E-state index in [0.717, 1.165) is 29.6 Å². The highest BCUT2D eigenvalue weighted by atomic mass is 16.3. The van der Waals surface area contributed by atoms with Crippen LogP contribution in [-0.2, 0) is 13.0 Å². The summed E-state index contributed by atoms with van der Waals surface area (Å²) in [5.41, 5.74) is 4.11. The van der Waals surface area contributed by atoms with Crippen molar-refractivity contribution in [1.82, 2.24) is 9.55 Å². The van der Waals surface area contributed by atoms with Gasteiger partial charge in [-0.3, -0.25) is 0 Å². The molecule has 0 saturated carbocycles. The van der Waals surface area contributed by atoms with Gasteiger partial charge in [-0.25, -0.2) is 4.98 Å². The van der Waals surface area contributed by atoms with Crippen LogP contribution in [0.25, 0.3) is 11.0 Å². The molecule has 0 bridgehead atoms. The molecule has 0 aliphatic carbocycles. The number of hydrogen-bond donors (Lipinski definition) is 1. The van der Waals surface area contributed by atoms with Gasteiger partial charge in [0.2, 0.25) is 0 Å². The molecule has 3 nitrogen and oxygen atoms in total. The fourth-order valence-electron chi connectivity index (χ4n) is 3.21. The van der Waals surface area contributed by atoms with Crippen molar-refractivity contribution in [2.24, 2.45) is 0 Å². The quantitative estimate of drug-likeness (QED) is 0.591.